The third kappa shape index (κ3) is 5.37. The molecule has 1 saturated heterocycles. The lowest BCUT2D eigenvalue weighted by molar-refractivity contribution is -0.140. The van der Waals surface area contributed by atoms with Gasteiger partial charge in [-0.3, -0.25) is 9.59 Å². The molecule has 0 aliphatic carbocycles. The largest absolute Gasteiger partial charge is 0.405 e. The third-order valence-electron chi connectivity index (χ3n) is 4.69. The highest BCUT2D eigenvalue weighted by molar-refractivity contribution is 5.98. The molecule has 5 nitrogen and oxygen atoms in total. The predicted molar refractivity (Wildman–Crippen MR) is 97.7 cm³/mol. The average molecular weight is 385 g/mol. The van der Waals surface area contributed by atoms with E-state index in [1.165, 1.54) is 4.90 Å². The Morgan fingerprint density at radius 3 is 2.41 bits per heavy atom. The fraction of sp³-hybridized carbons (Fsp3) is 0.579. The summed E-state index contributed by atoms with van der Waals surface area (Å²) in [6, 6.07) is 6.56. The van der Waals surface area contributed by atoms with E-state index in [-0.39, 0.29) is 5.91 Å². The van der Waals surface area contributed by atoms with Crippen LogP contribution in [0.3, 0.4) is 0 Å². The molecule has 0 spiro atoms. The lowest BCUT2D eigenvalue weighted by Gasteiger charge is -2.28. The maximum Gasteiger partial charge on any atom is 0.405 e. The van der Waals surface area contributed by atoms with E-state index in [9.17, 15) is 22.8 Å². The fourth-order valence-corrected chi connectivity index (χ4v) is 3.39. The van der Waals surface area contributed by atoms with Crippen molar-refractivity contribution in [2.75, 3.05) is 24.5 Å². The second kappa shape index (κ2) is 8.63. The number of carbonyl (C=O) groups excluding carboxylic acids is 2. The summed E-state index contributed by atoms with van der Waals surface area (Å²) >= 11 is 0. The van der Waals surface area contributed by atoms with Crippen molar-refractivity contribution in [2.45, 2.75) is 51.9 Å². The molecule has 1 heterocycles. The van der Waals surface area contributed by atoms with E-state index >= 15 is 0 Å². The maximum atomic E-state index is 12.8. The van der Waals surface area contributed by atoms with Gasteiger partial charge in [-0.1, -0.05) is 0 Å². The smallest absolute Gasteiger partial charge is 0.369 e. The summed E-state index contributed by atoms with van der Waals surface area (Å²) in [5, 5.41) is 1.88. The van der Waals surface area contributed by atoms with Gasteiger partial charge in [0.25, 0.3) is 5.91 Å². The normalized spacial score (nSPS) is 17.3. The number of anilines is 1. The molecule has 0 bridgehead atoms. The Morgan fingerprint density at radius 2 is 1.89 bits per heavy atom. The van der Waals surface area contributed by atoms with Crippen LogP contribution in [0.1, 0.15) is 44.0 Å². The van der Waals surface area contributed by atoms with E-state index in [0.29, 0.717) is 31.0 Å². The number of likely N-dealkylation sites (tertiary alicyclic amines) is 1. The summed E-state index contributed by atoms with van der Waals surface area (Å²) in [6.45, 7) is 6.01. The highest BCUT2D eigenvalue weighted by atomic mass is 19.4. The van der Waals surface area contributed by atoms with Crippen LogP contribution in [0.15, 0.2) is 24.3 Å². The molecule has 2 rings (SSSR count). The molecule has 1 unspecified atom stereocenters. The Bertz CT molecular complexity index is 659. The number of carbonyl (C=O) groups is 2. The molecule has 1 N–H and O–H groups in total. The van der Waals surface area contributed by atoms with Gasteiger partial charge in [-0.2, -0.15) is 13.2 Å². The monoisotopic (exact) mass is 385 g/mol. The summed E-state index contributed by atoms with van der Waals surface area (Å²) in [5.74, 6) is -1.09. The number of hydrogen-bond donors (Lipinski definition) is 1. The number of amides is 2. The summed E-state index contributed by atoms with van der Waals surface area (Å²) < 4.78 is 36.9. The Morgan fingerprint density at radius 1 is 1.26 bits per heavy atom. The third-order valence-corrected chi connectivity index (χ3v) is 4.69. The van der Waals surface area contributed by atoms with Crippen LogP contribution >= 0.6 is 0 Å². The van der Waals surface area contributed by atoms with E-state index in [1.807, 2.05) is 24.4 Å². The first-order valence-electron chi connectivity index (χ1n) is 9.16. The Labute approximate surface area is 157 Å². The minimum absolute atomic E-state index is 0.317. The Kier molecular flexibility index (Phi) is 6.73. The molecular formula is C19H26F3N3O2. The van der Waals surface area contributed by atoms with Crippen LogP contribution in [-0.4, -0.2) is 54.6 Å². The standard InChI is InChI=1S/C19H26F3N3O2/c1-4-24(13(2)3)15-9-7-14(8-10-15)18(27)25-11-5-6-16(25)17(26)23-12-19(20,21)22/h7-10,13,16H,4-6,11-12H2,1-3H3,(H,23,26). The van der Waals surface area contributed by atoms with Crippen LogP contribution in [0.25, 0.3) is 0 Å². The van der Waals surface area contributed by atoms with Gasteiger partial charge < -0.3 is 15.1 Å². The van der Waals surface area contributed by atoms with Crippen LogP contribution in [0.5, 0.6) is 0 Å². The summed E-state index contributed by atoms with van der Waals surface area (Å²) in [6.07, 6.45) is -3.52. The van der Waals surface area contributed by atoms with E-state index in [1.54, 1.807) is 12.1 Å². The number of benzene rings is 1. The van der Waals surface area contributed by atoms with Crippen molar-refractivity contribution >= 4 is 17.5 Å². The molecular weight excluding hydrogens is 359 g/mol. The summed E-state index contributed by atoms with van der Waals surface area (Å²) in [4.78, 5) is 28.4. The lowest BCUT2D eigenvalue weighted by Crippen LogP contribution is -2.48. The number of halogens is 3. The molecule has 1 aliphatic heterocycles. The predicted octanol–water partition coefficient (Wildman–Crippen LogP) is 3.20. The zero-order chi connectivity index (χ0) is 20.2. The van der Waals surface area contributed by atoms with Gasteiger partial charge in [0.05, 0.1) is 0 Å². The van der Waals surface area contributed by atoms with Crippen molar-refractivity contribution in [1.29, 1.82) is 0 Å². The van der Waals surface area contributed by atoms with Crippen molar-refractivity contribution in [3.05, 3.63) is 29.8 Å². The number of rotatable bonds is 6. The second-order valence-corrected chi connectivity index (χ2v) is 6.92. The molecule has 1 aromatic rings. The highest BCUT2D eigenvalue weighted by Crippen LogP contribution is 2.23. The van der Waals surface area contributed by atoms with Crippen molar-refractivity contribution in [2.24, 2.45) is 0 Å². The van der Waals surface area contributed by atoms with Gasteiger partial charge in [0.1, 0.15) is 12.6 Å². The molecule has 1 aromatic carbocycles. The first kappa shape index (κ1) is 21.1. The average Bonchev–Trinajstić information content (AvgIpc) is 3.09. The second-order valence-electron chi connectivity index (χ2n) is 6.92. The molecule has 8 heteroatoms. The maximum absolute atomic E-state index is 12.8. The van der Waals surface area contributed by atoms with Crippen LogP contribution in [0.4, 0.5) is 18.9 Å². The molecule has 1 aliphatic rings. The molecule has 0 aromatic heterocycles. The molecule has 27 heavy (non-hydrogen) atoms. The first-order chi connectivity index (χ1) is 12.6. The SMILES string of the molecule is CCN(c1ccc(C(=O)N2CCCC2C(=O)NCC(F)(F)F)cc1)C(C)C. The number of nitrogens with one attached hydrogen (secondary N) is 1. The van der Waals surface area contributed by atoms with Crippen molar-refractivity contribution in [1.82, 2.24) is 10.2 Å². The fourth-order valence-electron chi connectivity index (χ4n) is 3.39. The van der Waals surface area contributed by atoms with Crippen LogP contribution in [-0.2, 0) is 4.79 Å². The quantitative estimate of drug-likeness (QED) is 0.818. The van der Waals surface area contributed by atoms with Gasteiger partial charge in [0.15, 0.2) is 0 Å². The molecule has 150 valence electrons. The minimum atomic E-state index is -4.47. The number of nitrogens with zero attached hydrogens (tertiary/aromatic N) is 2. The van der Waals surface area contributed by atoms with Crippen LogP contribution in [0, 0.1) is 0 Å². The molecule has 1 atom stereocenters. The van der Waals surface area contributed by atoms with Gasteiger partial charge >= 0.3 is 6.18 Å². The molecule has 1 fully saturated rings. The van der Waals surface area contributed by atoms with E-state index in [4.69, 9.17) is 0 Å². The van der Waals surface area contributed by atoms with Gasteiger partial charge in [-0.05, 0) is 57.9 Å². The Balaban J connectivity index is 2.08. The van der Waals surface area contributed by atoms with Crippen LogP contribution < -0.4 is 10.2 Å². The number of hydrogen-bond acceptors (Lipinski definition) is 3. The van der Waals surface area contributed by atoms with Crippen molar-refractivity contribution < 1.29 is 22.8 Å². The van der Waals surface area contributed by atoms with Gasteiger partial charge in [-0.25, -0.2) is 0 Å². The van der Waals surface area contributed by atoms with E-state index in [0.717, 1.165) is 12.2 Å². The van der Waals surface area contributed by atoms with Gasteiger partial charge in [0, 0.05) is 30.4 Å². The molecule has 2 amide bonds. The highest BCUT2D eigenvalue weighted by Gasteiger charge is 2.36. The van der Waals surface area contributed by atoms with Crippen molar-refractivity contribution in [3.8, 4) is 0 Å². The minimum Gasteiger partial charge on any atom is -0.369 e. The van der Waals surface area contributed by atoms with Crippen LogP contribution in [0.2, 0.25) is 0 Å². The summed E-state index contributed by atoms with van der Waals surface area (Å²) in [5.41, 5.74) is 1.42. The van der Waals surface area contributed by atoms with Gasteiger partial charge in [0.2, 0.25) is 5.91 Å². The van der Waals surface area contributed by atoms with Crippen molar-refractivity contribution in [3.63, 3.8) is 0 Å². The number of alkyl halides is 3. The zero-order valence-corrected chi connectivity index (χ0v) is 15.8. The van der Waals surface area contributed by atoms with E-state index in [2.05, 4.69) is 18.7 Å². The molecule has 0 radical (unpaired) electrons. The zero-order valence-electron chi connectivity index (χ0n) is 15.8. The van der Waals surface area contributed by atoms with Gasteiger partial charge in [-0.15, -0.1) is 0 Å². The topological polar surface area (TPSA) is 52.7 Å². The van der Waals surface area contributed by atoms with E-state index < -0.39 is 24.7 Å². The summed E-state index contributed by atoms with van der Waals surface area (Å²) in [7, 11) is 0. The lowest BCUT2D eigenvalue weighted by atomic mass is 10.1. The molecule has 0 saturated carbocycles. The first-order valence-corrected chi connectivity index (χ1v) is 9.16. The Hall–Kier alpha value is -2.25.